The van der Waals surface area contributed by atoms with Gasteiger partial charge in [0.1, 0.15) is 0 Å². The van der Waals surface area contributed by atoms with Crippen LogP contribution in [-0.4, -0.2) is 56.3 Å². The van der Waals surface area contributed by atoms with Gasteiger partial charge < -0.3 is 5.32 Å². The second-order valence-electron chi connectivity index (χ2n) is 7.55. The van der Waals surface area contributed by atoms with Crippen molar-refractivity contribution >= 4 is 15.9 Å². The summed E-state index contributed by atoms with van der Waals surface area (Å²) < 4.78 is 27.3. The van der Waals surface area contributed by atoms with Crippen molar-refractivity contribution in [3.63, 3.8) is 0 Å². The zero-order valence-corrected chi connectivity index (χ0v) is 17.9. The standard InChI is InChI=1S/C22H29N3O3S/c1-18-8-10-21(11-9-18)29(27,28)25-13-5-12-24(14-15-25)17-22(26)23-16-20-7-4-3-6-19(20)2/h3-4,6-11H,5,12-17H2,1-2H3,(H,23,26). The van der Waals surface area contributed by atoms with Crippen LogP contribution in [0.25, 0.3) is 0 Å². The van der Waals surface area contributed by atoms with Gasteiger partial charge in [-0.05, 0) is 50.1 Å². The Bertz CT molecular complexity index is 942. The van der Waals surface area contributed by atoms with Crippen LogP contribution in [0.15, 0.2) is 53.4 Å². The highest BCUT2D eigenvalue weighted by molar-refractivity contribution is 7.89. The minimum atomic E-state index is -3.50. The van der Waals surface area contributed by atoms with Crippen LogP contribution < -0.4 is 5.32 Å². The van der Waals surface area contributed by atoms with Crippen LogP contribution in [0.4, 0.5) is 0 Å². The van der Waals surface area contributed by atoms with Crippen LogP contribution >= 0.6 is 0 Å². The molecule has 29 heavy (non-hydrogen) atoms. The summed E-state index contributed by atoms with van der Waals surface area (Å²) in [5, 5.41) is 2.97. The van der Waals surface area contributed by atoms with Crippen LogP contribution in [0.2, 0.25) is 0 Å². The first-order valence-corrected chi connectivity index (χ1v) is 11.4. The summed E-state index contributed by atoms with van der Waals surface area (Å²) in [5.74, 6) is -0.0388. The van der Waals surface area contributed by atoms with Crippen molar-refractivity contribution in [2.75, 3.05) is 32.7 Å². The van der Waals surface area contributed by atoms with E-state index >= 15 is 0 Å². The van der Waals surface area contributed by atoms with E-state index in [0.717, 1.165) is 16.7 Å². The maximum Gasteiger partial charge on any atom is 0.243 e. The summed E-state index contributed by atoms with van der Waals surface area (Å²) in [6.45, 7) is 6.86. The van der Waals surface area contributed by atoms with E-state index in [0.29, 0.717) is 44.0 Å². The molecule has 6 nitrogen and oxygen atoms in total. The molecule has 2 aromatic rings. The Morgan fingerprint density at radius 1 is 0.966 bits per heavy atom. The number of carbonyl (C=O) groups excluding carboxylic acids is 1. The maximum atomic E-state index is 12.9. The first-order valence-electron chi connectivity index (χ1n) is 9.96. The number of nitrogens with one attached hydrogen (secondary N) is 1. The van der Waals surface area contributed by atoms with Gasteiger partial charge >= 0.3 is 0 Å². The molecule has 0 atom stereocenters. The Kier molecular flexibility index (Phi) is 7.05. The van der Waals surface area contributed by atoms with E-state index < -0.39 is 10.0 Å². The van der Waals surface area contributed by atoms with Crippen molar-refractivity contribution in [3.05, 3.63) is 65.2 Å². The van der Waals surface area contributed by atoms with E-state index in [1.807, 2.05) is 55.1 Å². The first kappa shape index (κ1) is 21.5. The SMILES string of the molecule is Cc1ccc(S(=O)(=O)N2CCCN(CC(=O)NCc3ccccc3C)CC2)cc1. The van der Waals surface area contributed by atoms with Gasteiger partial charge in [-0.15, -0.1) is 0 Å². The molecule has 0 saturated carbocycles. The lowest BCUT2D eigenvalue weighted by molar-refractivity contribution is -0.122. The summed E-state index contributed by atoms with van der Waals surface area (Å²) >= 11 is 0. The fraction of sp³-hybridized carbons (Fsp3) is 0.409. The summed E-state index contributed by atoms with van der Waals surface area (Å²) in [6.07, 6.45) is 0.705. The Morgan fingerprint density at radius 3 is 2.41 bits per heavy atom. The van der Waals surface area contributed by atoms with Gasteiger partial charge in [0.25, 0.3) is 0 Å². The third-order valence-electron chi connectivity index (χ3n) is 5.31. The zero-order valence-electron chi connectivity index (χ0n) is 17.1. The van der Waals surface area contributed by atoms with Crippen LogP contribution in [0.3, 0.4) is 0 Å². The molecular weight excluding hydrogens is 386 g/mol. The number of benzene rings is 2. The Balaban J connectivity index is 1.53. The lowest BCUT2D eigenvalue weighted by atomic mass is 10.1. The van der Waals surface area contributed by atoms with Gasteiger partial charge in [0.15, 0.2) is 0 Å². The molecule has 156 valence electrons. The number of rotatable bonds is 6. The molecule has 7 heteroatoms. The zero-order chi connectivity index (χ0) is 20.9. The molecule has 3 rings (SSSR count). The van der Waals surface area contributed by atoms with Crippen molar-refractivity contribution in [2.45, 2.75) is 31.7 Å². The van der Waals surface area contributed by atoms with Gasteiger partial charge in [-0.25, -0.2) is 8.42 Å². The van der Waals surface area contributed by atoms with Gasteiger partial charge in [0.05, 0.1) is 11.4 Å². The van der Waals surface area contributed by atoms with E-state index in [1.54, 1.807) is 12.1 Å². The topological polar surface area (TPSA) is 69.7 Å². The minimum Gasteiger partial charge on any atom is -0.351 e. The summed E-state index contributed by atoms with van der Waals surface area (Å²) in [7, 11) is -3.50. The molecule has 0 radical (unpaired) electrons. The Morgan fingerprint density at radius 2 is 1.69 bits per heavy atom. The molecule has 1 saturated heterocycles. The molecular formula is C22H29N3O3S. The van der Waals surface area contributed by atoms with Crippen LogP contribution in [0.5, 0.6) is 0 Å². The predicted octanol–water partition coefficient (Wildman–Crippen LogP) is 2.32. The molecule has 2 aromatic carbocycles. The van der Waals surface area contributed by atoms with Gasteiger partial charge in [0.2, 0.25) is 15.9 Å². The molecule has 1 aliphatic rings. The number of sulfonamides is 1. The van der Waals surface area contributed by atoms with Crippen molar-refractivity contribution in [1.82, 2.24) is 14.5 Å². The highest BCUT2D eigenvalue weighted by Gasteiger charge is 2.27. The average molecular weight is 416 g/mol. The van der Waals surface area contributed by atoms with Gasteiger partial charge in [-0.2, -0.15) is 4.31 Å². The minimum absolute atomic E-state index is 0.0388. The fourth-order valence-electron chi connectivity index (χ4n) is 3.47. The van der Waals surface area contributed by atoms with Gasteiger partial charge in [-0.1, -0.05) is 42.0 Å². The molecule has 0 aromatic heterocycles. The lowest BCUT2D eigenvalue weighted by Gasteiger charge is -2.21. The monoisotopic (exact) mass is 415 g/mol. The van der Waals surface area contributed by atoms with Gasteiger partial charge in [0, 0.05) is 26.2 Å². The van der Waals surface area contributed by atoms with Crippen LogP contribution in [0, 0.1) is 13.8 Å². The molecule has 1 amide bonds. The number of hydrogen-bond donors (Lipinski definition) is 1. The van der Waals surface area contributed by atoms with E-state index in [4.69, 9.17) is 0 Å². The molecule has 1 fully saturated rings. The predicted molar refractivity (Wildman–Crippen MR) is 114 cm³/mol. The summed E-state index contributed by atoms with van der Waals surface area (Å²) in [6, 6.07) is 14.9. The average Bonchev–Trinajstić information content (AvgIpc) is 2.94. The third-order valence-corrected chi connectivity index (χ3v) is 7.22. The second-order valence-corrected chi connectivity index (χ2v) is 9.49. The smallest absolute Gasteiger partial charge is 0.243 e. The number of carbonyl (C=O) groups is 1. The van der Waals surface area contributed by atoms with Crippen LogP contribution in [-0.2, 0) is 21.4 Å². The second kappa shape index (κ2) is 9.52. The molecule has 0 unspecified atom stereocenters. The van der Waals surface area contributed by atoms with Crippen molar-refractivity contribution in [1.29, 1.82) is 0 Å². The highest BCUT2D eigenvalue weighted by Crippen LogP contribution is 2.18. The Hall–Kier alpha value is -2.22. The van der Waals surface area contributed by atoms with E-state index in [-0.39, 0.29) is 12.5 Å². The lowest BCUT2D eigenvalue weighted by Crippen LogP contribution is -2.39. The molecule has 1 heterocycles. The number of aryl methyl sites for hydroxylation is 2. The van der Waals surface area contributed by atoms with Crippen molar-refractivity contribution < 1.29 is 13.2 Å². The summed E-state index contributed by atoms with van der Waals surface area (Å²) in [4.78, 5) is 14.7. The fourth-order valence-corrected chi connectivity index (χ4v) is 4.94. The van der Waals surface area contributed by atoms with Crippen molar-refractivity contribution in [2.24, 2.45) is 0 Å². The van der Waals surface area contributed by atoms with E-state index in [2.05, 4.69) is 5.32 Å². The van der Waals surface area contributed by atoms with Gasteiger partial charge in [-0.3, -0.25) is 9.69 Å². The highest BCUT2D eigenvalue weighted by atomic mass is 32.2. The van der Waals surface area contributed by atoms with Crippen molar-refractivity contribution in [3.8, 4) is 0 Å². The third kappa shape index (κ3) is 5.65. The number of nitrogens with zero attached hydrogens (tertiary/aromatic N) is 2. The summed E-state index contributed by atoms with van der Waals surface area (Å²) in [5.41, 5.74) is 3.29. The number of amides is 1. The Labute approximate surface area is 173 Å². The molecule has 0 spiro atoms. The maximum absolute atomic E-state index is 12.9. The molecule has 0 bridgehead atoms. The van der Waals surface area contributed by atoms with E-state index in [9.17, 15) is 13.2 Å². The van der Waals surface area contributed by atoms with Crippen LogP contribution in [0.1, 0.15) is 23.1 Å². The largest absolute Gasteiger partial charge is 0.351 e. The molecule has 0 aliphatic carbocycles. The number of hydrogen-bond acceptors (Lipinski definition) is 4. The quantitative estimate of drug-likeness (QED) is 0.786. The normalized spacial score (nSPS) is 16.3. The molecule has 1 aliphatic heterocycles. The van der Waals surface area contributed by atoms with E-state index in [1.165, 1.54) is 4.31 Å². The molecule has 1 N–H and O–H groups in total. The first-order chi connectivity index (χ1) is 13.9.